The Morgan fingerprint density at radius 1 is 0.661 bits per heavy atom. The summed E-state index contributed by atoms with van der Waals surface area (Å²) < 4.78 is 99.9. The molecule has 6 rings (SSSR count). The van der Waals surface area contributed by atoms with E-state index >= 15 is 0 Å². The summed E-state index contributed by atoms with van der Waals surface area (Å²) in [6.45, 7) is 3.37. The third-order valence-electron chi connectivity index (χ3n) is 8.23. The van der Waals surface area contributed by atoms with Crippen molar-refractivity contribution in [2.24, 2.45) is 29.2 Å². The minimum Gasteiger partial charge on any atom is -0.339 e. The van der Waals surface area contributed by atoms with Gasteiger partial charge in [0.25, 0.3) is 0 Å². The van der Waals surface area contributed by atoms with E-state index in [4.69, 9.17) is 15.0 Å². The summed E-state index contributed by atoms with van der Waals surface area (Å²) in [5, 5.41) is 19.9. The predicted molar refractivity (Wildman–Crippen MR) is 223 cm³/mol. The molecule has 1 N–H and O–H groups in total. The van der Waals surface area contributed by atoms with Gasteiger partial charge in [0.15, 0.2) is 19.7 Å². The van der Waals surface area contributed by atoms with Crippen molar-refractivity contribution in [3.63, 3.8) is 0 Å². The third-order valence-corrected chi connectivity index (χ3v) is 12.1. The summed E-state index contributed by atoms with van der Waals surface area (Å²) in [5.74, 6) is 3.19. The van der Waals surface area contributed by atoms with Crippen LogP contribution in [0.5, 0.6) is 0 Å². The molecule has 1 saturated heterocycles. The molecule has 1 aliphatic rings. The summed E-state index contributed by atoms with van der Waals surface area (Å²) in [6.07, 6.45) is 2.31. The molecule has 1 aromatic heterocycles. The summed E-state index contributed by atoms with van der Waals surface area (Å²) in [5.41, 5.74) is 3.25. The summed E-state index contributed by atoms with van der Waals surface area (Å²) in [6, 6.07) is 19.7. The molecular formula is C35H33N11O8S5. The van der Waals surface area contributed by atoms with Crippen molar-refractivity contribution in [3.8, 4) is 0 Å². The Kier molecular flexibility index (Phi) is 13.3. The quantitative estimate of drug-likeness (QED) is 0.116. The monoisotopic (exact) mass is 895 g/mol. The van der Waals surface area contributed by atoms with Crippen molar-refractivity contribution < 1.29 is 33.7 Å². The van der Waals surface area contributed by atoms with Crippen LogP contribution >= 0.6 is 11.8 Å². The van der Waals surface area contributed by atoms with Crippen LogP contribution in [0.25, 0.3) is 0 Å². The number of benzene rings is 4. The minimum absolute atomic E-state index is 0.0609. The number of nitrogens with one attached hydrogen (secondary N) is 1. The Morgan fingerprint density at radius 3 is 1.80 bits per heavy atom. The fraction of sp³-hybridized carbons (Fsp3) is 0.229. The lowest BCUT2D eigenvalue weighted by atomic mass is 10.1. The number of nitrogens with zero attached hydrogens (tertiary/aromatic N) is 10. The molecule has 1 fully saturated rings. The highest BCUT2D eigenvalue weighted by atomic mass is 32.2. The van der Waals surface area contributed by atoms with Crippen LogP contribution in [0, 0.1) is 6.92 Å². The lowest BCUT2D eigenvalue weighted by molar-refractivity contribution is 0.599. The molecule has 5 aromatic rings. The Hall–Kier alpha value is -5.82. The zero-order valence-corrected chi connectivity index (χ0v) is 35.4. The highest BCUT2D eigenvalue weighted by molar-refractivity contribution is 7.99. The van der Waals surface area contributed by atoms with E-state index in [-0.39, 0.29) is 32.5 Å². The molecule has 0 amide bonds. The second-order valence-corrected chi connectivity index (χ2v) is 19.4. The van der Waals surface area contributed by atoms with Gasteiger partial charge in [-0.15, -0.1) is 8.73 Å². The van der Waals surface area contributed by atoms with Crippen LogP contribution in [0.1, 0.15) is 17.0 Å². The SMILES string of the molecule is Cc1cc(Cc2nc(Nc3ccc(N=Nc4cc(S(C)(=O)=O)cc(S(C)(=O)=O)c4)cc3)nc(N3CCSCC3)n2)ccc1N=Nc1cc(N=S(=O)=O)cc(N=S(=O)=O)c1. The van der Waals surface area contributed by atoms with Crippen molar-refractivity contribution in [2.75, 3.05) is 47.3 Å². The highest BCUT2D eigenvalue weighted by Gasteiger charge is 2.18. The molecule has 1 aliphatic heterocycles. The van der Waals surface area contributed by atoms with Crippen LogP contribution in [0.15, 0.2) is 118 Å². The van der Waals surface area contributed by atoms with E-state index in [9.17, 15) is 33.7 Å². The van der Waals surface area contributed by atoms with Gasteiger partial charge in [-0.25, -0.2) is 16.8 Å². The molecule has 59 heavy (non-hydrogen) atoms. The van der Waals surface area contributed by atoms with Gasteiger partial charge >= 0.3 is 21.0 Å². The van der Waals surface area contributed by atoms with Crippen molar-refractivity contribution >= 4 is 104 Å². The molecule has 0 aliphatic carbocycles. The fourth-order valence-corrected chi connectivity index (χ4v) is 8.38. The molecule has 0 bridgehead atoms. The first-order valence-corrected chi connectivity index (χ1v) is 24.2. The molecule has 0 radical (unpaired) electrons. The maximum Gasteiger partial charge on any atom is 0.316 e. The fourth-order valence-electron chi connectivity index (χ4n) is 5.49. The number of hydrogen-bond donors (Lipinski definition) is 1. The van der Waals surface area contributed by atoms with Gasteiger partial charge in [0.05, 0.1) is 43.9 Å². The number of aryl methyl sites for hydroxylation is 1. The standard InChI is InChI=1S/C35H33N11O8S5/c1-22-14-23(4-9-32(22)43-42-26-16-28(44-56(47)48)18-29(17-26)45-57(49)50)15-33-37-34(39-35(38-33)46-10-12-55-13-11-46)36-24-5-7-25(8-6-24)40-41-27-19-30(58(2,51)52)21-31(20-27)59(3,53)54/h4-9,14,16-21H,10-13,15H2,1-3H3,(H,36,37,38,39). The van der Waals surface area contributed by atoms with E-state index < -0.39 is 40.7 Å². The first-order chi connectivity index (χ1) is 28.0. The van der Waals surface area contributed by atoms with Crippen LogP contribution in [0.4, 0.5) is 51.7 Å². The van der Waals surface area contributed by atoms with E-state index in [1.165, 1.54) is 30.3 Å². The van der Waals surface area contributed by atoms with E-state index in [1.807, 2.05) is 30.8 Å². The van der Waals surface area contributed by atoms with E-state index in [0.29, 0.717) is 41.2 Å². The molecule has 0 atom stereocenters. The molecule has 2 heterocycles. The minimum atomic E-state index is -3.71. The van der Waals surface area contributed by atoms with Gasteiger partial charge in [-0.1, -0.05) is 12.1 Å². The lowest BCUT2D eigenvalue weighted by Gasteiger charge is -2.26. The Bertz CT molecular complexity index is 2890. The number of azo groups is 2. The van der Waals surface area contributed by atoms with E-state index in [1.54, 1.807) is 30.3 Å². The van der Waals surface area contributed by atoms with Crippen molar-refractivity contribution in [1.82, 2.24) is 15.0 Å². The van der Waals surface area contributed by atoms with Gasteiger partial charge in [-0.05, 0) is 84.8 Å². The molecular weight excluding hydrogens is 863 g/mol. The molecule has 4 aromatic carbocycles. The Labute approximate surface area is 346 Å². The van der Waals surface area contributed by atoms with Crippen molar-refractivity contribution in [3.05, 3.63) is 95.8 Å². The van der Waals surface area contributed by atoms with Gasteiger partial charge in [0, 0.05) is 49.2 Å². The highest BCUT2D eigenvalue weighted by Crippen LogP contribution is 2.32. The first-order valence-electron chi connectivity index (χ1n) is 17.2. The van der Waals surface area contributed by atoms with E-state index in [2.05, 4.69) is 39.4 Å². The summed E-state index contributed by atoms with van der Waals surface area (Å²) >= 11 is 1.85. The number of sulfone groups is 2. The van der Waals surface area contributed by atoms with Crippen LogP contribution in [-0.4, -0.2) is 85.7 Å². The van der Waals surface area contributed by atoms with Crippen LogP contribution in [0.3, 0.4) is 0 Å². The van der Waals surface area contributed by atoms with Gasteiger partial charge < -0.3 is 10.2 Å². The summed E-state index contributed by atoms with van der Waals surface area (Å²) in [7, 11) is -13.0. The maximum atomic E-state index is 12.2. The molecule has 0 saturated carbocycles. The zero-order chi connectivity index (χ0) is 42.3. The van der Waals surface area contributed by atoms with E-state index in [0.717, 1.165) is 54.3 Å². The van der Waals surface area contributed by atoms with Gasteiger partial charge in [-0.2, -0.15) is 64.0 Å². The second-order valence-electron chi connectivity index (χ2n) is 12.9. The number of hydrogen-bond acceptors (Lipinski definition) is 20. The third kappa shape index (κ3) is 12.3. The number of thioether (sulfide) groups is 1. The maximum absolute atomic E-state index is 12.2. The zero-order valence-electron chi connectivity index (χ0n) is 31.3. The van der Waals surface area contributed by atoms with Gasteiger partial charge in [0.2, 0.25) is 11.9 Å². The smallest absolute Gasteiger partial charge is 0.316 e. The van der Waals surface area contributed by atoms with Gasteiger partial charge in [0.1, 0.15) is 5.82 Å². The van der Waals surface area contributed by atoms with Crippen LogP contribution < -0.4 is 10.2 Å². The number of aromatic nitrogens is 3. The van der Waals surface area contributed by atoms with Crippen molar-refractivity contribution in [1.29, 1.82) is 0 Å². The largest absolute Gasteiger partial charge is 0.339 e. The van der Waals surface area contributed by atoms with Crippen molar-refractivity contribution in [2.45, 2.75) is 23.1 Å². The topological polar surface area (TPSA) is 265 Å². The lowest BCUT2D eigenvalue weighted by Crippen LogP contribution is -2.34. The molecule has 0 spiro atoms. The molecule has 24 heteroatoms. The Morgan fingerprint density at radius 2 is 1.22 bits per heavy atom. The normalized spacial score (nSPS) is 13.4. The average molecular weight is 896 g/mol. The van der Waals surface area contributed by atoms with Crippen LogP contribution in [0.2, 0.25) is 0 Å². The Balaban J connectivity index is 1.22. The molecule has 306 valence electrons. The molecule has 0 unspecified atom stereocenters. The first kappa shape index (κ1) is 42.8. The van der Waals surface area contributed by atoms with Gasteiger partial charge in [-0.3, -0.25) is 0 Å². The predicted octanol–water partition coefficient (Wildman–Crippen LogP) is 7.09. The number of rotatable bonds is 13. The number of anilines is 3. The second kappa shape index (κ2) is 18.4. The van der Waals surface area contributed by atoms with Crippen LogP contribution in [-0.2, 0) is 47.1 Å². The molecule has 19 nitrogen and oxygen atoms in total. The average Bonchev–Trinajstić information content (AvgIpc) is 3.16. The summed E-state index contributed by atoms with van der Waals surface area (Å²) in [4.78, 5) is 15.9.